The van der Waals surface area contributed by atoms with Gasteiger partial charge in [-0.1, -0.05) is 196 Å². The van der Waals surface area contributed by atoms with Crippen molar-refractivity contribution in [2.45, 2.75) is 60.3 Å². The number of hydrogen-bond donors (Lipinski definition) is 6. The largest absolute Gasteiger partial charge is 0.389 e. The molecule has 270 valence electrons. The van der Waals surface area contributed by atoms with Gasteiger partial charge in [-0.2, -0.15) is 0 Å². The molecule has 1 aliphatic rings. The molecule has 6 heteroatoms. The Bertz CT molecular complexity index is 1750. The second kappa shape index (κ2) is 13.8. The molecule has 53 heavy (non-hydrogen) atoms. The normalized spacial score (nSPS) is 22.0. The van der Waals surface area contributed by atoms with Crippen LogP contribution in [-0.4, -0.2) is 66.3 Å². The van der Waals surface area contributed by atoms with Crippen LogP contribution in [0, 0.1) is 5.41 Å². The van der Waals surface area contributed by atoms with Crippen LogP contribution in [-0.2, 0) is 10.8 Å². The molecule has 0 spiro atoms. The van der Waals surface area contributed by atoms with Crippen molar-refractivity contribution in [2.75, 3.05) is 0 Å². The van der Waals surface area contributed by atoms with Gasteiger partial charge in [-0.25, -0.2) is 0 Å². The zero-order valence-electron chi connectivity index (χ0n) is 29.8. The van der Waals surface area contributed by atoms with Crippen LogP contribution in [0.15, 0.2) is 182 Å². The molecule has 0 heterocycles. The van der Waals surface area contributed by atoms with E-state index in [-0.39, 0.29) is 0 Å². The third-order valence-corrected chi connectivity index (χ3v) is 12.1. The summed E-state index contributed by atoms with van der Waals surface area (Å²) in [5.74, 6) is 0. The van der Waals surface area contributed by atoms with Gasteiger partial charge in [-0.05, 0) is 33.4 Å². The first-order chi connectivity index (χ1) is 25.5. The lowest BCUT2D eigenvalue weighted by atomic mass is 9.62. The molecule has 7 rings (SSSR count). The summed E-state index contributed by atoms with van der Waals surface area (Å²) in [6, 6.07) is 55.6. The average molecular weight is 707 g/mol. The fraction of sp³-hybridized carbons (Fsp3) is 0.234. The number of hydrogen-bond acceptors (Lipinski definition) is 6. The predicted molar refractivity (Wildman–Crippen MR) is 206 cm³/mol. The van der Waals surface area contributed by atoms with Gasteiger partial charge in [0.2, 0.25) is 0 Å². The Labute approximate surface area is 310 Å². The molecule has 6 N–H and O–H groups in total. The van der Waals surface area contributed by atoms with Gasteiger partial charge < -0.3 is 30.6 Å². The third-order valence-electron chi connectivity index (χ3n) is 12.1. The van der Waals surface area contributed by atoms with Crippen LogP contribution >= 0.6 is 0 Å². The van der Waals surface area contributed by atoms with Gasteiger partial charge in [0.05, 0.1) is 10.8 Å². The van der Waals surface area contributed by atoms with Crippen LogP contribution in [0.4, 0.5) is 0 Å². The number of aliphatic hydroxyl groups is 6. The molecule has 1 saturated carbocycles. The van der Waals surface area contributed by atoms with Gasteiger partial charge >= 0.3 is 0 Å². The minimum Gasteiger partial charge on any atom is -0.389 e. The maximum atomic E-state index is 12.8. The highest BCUT2D eigenvalue weighted by molar-refractivity contribution is 5.56. The fourth-order valence-corrected chi connectivity index (χ4v) is 9.25. The van der Waals surface area contributed by atoms with E-state index in [0.29, 0.717) is 33.4 Å². The highest BCUT2D eigenvalue weighted by atomic mass is 16.4. The molecule has 0 bridgehead atoms. The number of benzene rings is 6. The predicted octanol–water partition coefficient (Wildman–Crippen LogP) is 6.00. The zero-order valence-corrected chi connectivity index (χ0v) is 29.8. The van der Waals surface area contributed by atoms with Crippen molar-refractivity contribution in [3.8, 4) is 0 Å². The van der Waals surface area contributed by atoms with Gasteiger partial charge in [0.25, 0.3) is 0 Å². The van der Waals surface area contributed by atoms with E-state index in [1.807, 2.05) is 182 Å². The van der Waals surface area contributed by atoms with Crippen molar-refractivity contribution in [1.82, 2.24) is 0 Å². The Morgan fingerprint density at radius 1 is 0.340 bits per heavy atom. The molecule has 6 aromatic rings. The standard InChI is InChI=1S/C47H46O6/c1-43(2)46(52,41(50)39(48)44(33-21-9-3-10-22-33,34-23-11-4-12-24-34)35-25-13-5-14-26-35)47(43,53)42(51)40(49)45(36-27-15-6-16-28-36,37-29-17-7-18-30-37)38-31-19-8-20-32-38/h3-32,39-42,48-53H,1-2H3/t39?,40?,41-,42-,46+,47+/m1/s1. The van der Waals surface area contributed by atoms with Crippen molar-refractivity contribution in [3.05, 3.63) is 215 Å². The molecule has 6 atom stereocenters. The molecular weight excluding hydrogens is 661 g/mol. The van der Waals surface area contributed by atoms with E-state index in [0.717, 1.165) is 0 Å². The molecule has 1 aliphatic carbocycles. The third kappa shape index (κ3) is 5.17. The highest BCUT2D eigenvalue weighted by Gasteiger charge is 2.89. The first kappa shape index (κ1) is 36.4. The topological polar surface area (TPSA) is 121 Å². The Morgan fingerprint density at radius 2 is 0.509 bits per heavy atom. The van der Waals surface area contributed by atoms with E-state index in [4.69, 9.17) is 0 Å². The summed E-state index contributed by atoms with van der Waals surface area (Å²) >= 11 is 0. The summed E-state index contributed by atoms with van der Waals surface area (Å²) in [6.07, 6.45) is -7.60. The molecule has 0 amide bonds. The molecule has 2 unspecified atom stereocenters. The Morgan fingerprint density at radius 3 is 0.679 bits per heavy atom. The minimum atomic E-state index is -2.51. The molecule has 6 aromatic carbocycles. The van der Waals surface area contributed by atoms with Gasteiger partial charge in [-0.3, -0.25) is 0 Å². The Balaban J connectivity index is 1.40. The maximum Gasteiger partial charge on any atom is 0.133 e. The second-order valence-electron chi connectivity index (χ2n) is 14.7. The molecule has 0 aliphatic heterocycles. The van der Waals surface area contributed by atoms with Gasteiger partial charge in [0.1, 0.15) is 35.6 Å². The lowest BCUT2D eigenvalue weighted by molar-refractivity contribution is -0.163. The molecule has 6 nitrogen and oxygen atoms in total. The van der Waals surface area contributed by atoms with Crippen molar-refractivity contribution in [2.24, 2.45) is 5.41 Å². The van der Waals surface area contributed by atoms with Crippen molar-refractivity contribution in [1.29, 1.82) is 0 Å². The molecular formula is C47H46O6. The second-order valence-corrected chi connectivity index (χ2v) is 14.7. The van der Waals surface area contributed by atoms with E-state index in [9.17, 15) is 30.6 Å². The molecule has 0 saturated heterocycles. The van der Waals surface area contributed by atoms with Crippen molar-refractivity contribution < 1.29 is 30.6 Å². The minimum absolute atomic E-state index is 0.645. The summed E-state index contributed by atoms with van der Waals surface area (Å²) in [4.78, 5) is 0. The average Bonchev–Trinajstić information content (AvgIpc) is 3.59. The lowest BCUT2D eigenvalue weighted by Gasteiger charge is -2.45. The monoisotopic (exact) mass is 706 g/mol. The van der Waals surface area contributed by atoms with Crippen LogP contribution in [0.25, 0.3) is 0 Å². The smallest absolute Gasteiger partial charge is 0.133 e. The summed E-state index contributed by atoms with van der Waals surface area (Å²) in [6.45, 7) is 3.06. The SMILES string of the molecule is CC1(C)[C@@](O)([C@H](O)C(O)C(c2ccccc2)(c2ccccc2)c2ccccc2)[C@]1(O)[C@H](O)C(O)C(c1ccccc1)(c1ccccc1)c1ccccc1. The van der Waals surface area contributed by atoms with Crippen LogP contribution in [0.5, 0.6) is 0 Å². The first-order valence-corrected chi connectivity index (χ1v) is 18.0. The Hall–Kier alpha value is -4.92. The maximum absolute atomic E-state index is 12.8. The molecule has 0 radical (unpaired) electrons. The quantitative estimate of drug-likeness (QED) is 0.0869. The summed E-state index contributed by atoms with van der Waals surface area (Å²) in [5, 5.41) is 76.2. The van der Waals surface area contributed by atoms with Crippen molar-refractivity contribution in [3.63, 3.8) is 0 Å². The van der Waals surface area contributed by atoms with Crippen LogP contribution < -0.4 is 0 Å². The molecule has 0 aromatic heterocycles. The van der Waals surface area contributed by atoms with Gasteiger partial charge in [0.15, 0.2) is 0 Å². The van der Waals surface area contributed by atoms with E-state index in [1.165, 1.54) is 13.8 Å². The summed E-state index contributed by atoms with van der Waals surface area (Å²) in [7, 11) is 0. The number of aliphatic hydroxyl groups excluding tert-OH is 4. The van der Waals surface area contributed by atoms with E-state index < -0.39 is 51.9 Å². The number of rotatable bonds is 12. The first-order valence-electron chi connectivity index (χ1n) is 18.0. The van der Waals surface area contributed by atoms with Crippen LogP contribution in [0.1, 0.15) is 47.2 Å². The van der Waals surface area contributed by atoms with Crippen LogP contribution in [0.2, 0.25) is 0 Å². The van der Waals surface area contributed by atoms with E-state index >= 15 is 0 Å². The summed E-state index contributed by atoms with van der Waals surface area (Å²) in [5.41, 5.74) is -5.67. The summed E-state index contributed by atoms with van der Waals surface area (Å²) < 4.78 is 0. The van der Waals surface area contributed by atoms with Crippen molar-refractivity contribution >= 4 is 0 Å². The highest BCUT2D eigenvalue weighted by Crippen LogP contribution is 2.70. The van der Waals surface area contributed by atoms with E-state index in [2.05, 4.69) is 0 Å². The fourth-order valence-electron chi connectivity index (χ4n) is 9.25. The van der Waals surface area contributed by atoms with Crippen LogP contribution in [0.3, 0.4) is 0 Å². The zero-order chi connectivity index (χ0) is 37.5. The Kier molecular flexibility index (Phi) is 9.49. The lowest BCUT2D eigenvalue weighted by Crippen LogP contribution is -2.60. The molecule has 1 fully saturated rings. The van der Waals surface area contributed by atoms with Gasteiger partial charge in [-0.15, -0.1) is 0 Å². The van der Waals surface area contributed by atoms with E-state index in [1.54, 1.807) is 0 Å². The van der Waals surface area contributed by atoms with Gasteiger partial charge in [0, 0.05) is 5.41 Å².